The highest BCUT2D eigenvalue weighted by atomic mass is 35.5. The number of nitrogens with two attached hydrogens (primary N) is 1. The third kappa shape index (κ3) is 7.42. The second-order valence-corrected chi connectivity index (χ2v) is 13.1. The predicted molar refractivity (Wildman–Crippen MR) is 166 cm³/mol. The van der Waals surface area contributed by atoms with Gasteiger partial charge in [-0.25, -0.2) is 8.78 Å². The quantitative estimate of drug-likeness (QED) is 0.339. The highest BCUT2D eigenvalue weighted by Crippen LogP contribution is 2.47. The number of carbonyl (C=O) groups is 4. The lowest BCUT2D eigenvalue weighted by Gasteiger charge is -2.49. The van der Waals surface area contributed by atoms with Gasteiger partial charge >= 0.3 is 0 Å². The molecule has 3 aliphatic rings. The van der Waals surface area contributed by atoms with Crippen LogP contribution in [0.4, 0.5) is 14.5 Å². The van der Waals surface area contributed by atoms with Crippen LogP contribution in [0.2, 0.25) is 10.0 Å². The third-order valence-electron chi connectivity index (χ3n) is 9.28. The van der Waals surface area contributed by atoms with E-state index >= 15 is 0 Å². The van der Waals surface area contributed by atoms with E-state index in [0.29, 0.717) is 17.7 Å². The zero-order valence-corrected chi connectivity index (χ0v) is 26.4. The molecule has 2 atom stereocenters. The van der Waals surface area contributed by atoms with Crippen molar-refractivity contribution in [1.29, 1.82) is 0 Å². The van der Waals surface area contributed by atoms with E-state index in [1.54, 1.807) is 6.07 Å². The SMILES string of the molecule is NCC[C@H](NC(=O)[C@@H]1Cc2ccc(F)cc2CN1C(=O)CCC(=O)N1CCCC2(CCC2)C1)C(=O)Nc1ccc(Cl)c(Cl)c1F. The van der Waals surface area contributed by atoms with Gasteiger partial charge in [-0.15, -0.1) is 0 Å². The van der Waals surface area contributed by atoms with Gasteiger partial charge in [0.2, 0.25) is 23.6 Å². The highest BCUT2D eigenvalue weighted by Gasteiger charge is 2.42. The second-order valence-electron chi connectivity index (χ2n) is 12.3. The summed E-state index contributed by atoms with van der Waals surface area (Å²) in [5.41, 5.74) is 6.97. The van der Waals surface area contributed by atoms with Crippen LogP contribution in [-0.4, -0.2) is 65.1 Å². The number of piperidine rings is 1. The van der Waals surface area contributed by atoms with Crippen LogP contribution in [0.1, 0.15) is 62.5 Å². The molecule has 1 spiro atoms. The van der Waals surface area contributed by atoms with Crippen LogP contribution in [0.15, 0.2) is 30.3 Å². The van der Waals surface area contributed by atoms with Crippen molar-refractivity contribution in [3.8, 4) is 0 Å². The van der Waals surface area contributed by atoms with Gasteiger partial charge in [-0.3, -0.25) is 19.2 Å². The summed E-state index contributed by atoms with van der Waals surface area (Å²) in [5.74, 6) is -3.28. The molecule has 1 saturated carbocycles. The fourth-order valence-electron chi connectivity index (χ4n) is 6.62. The number of anilines is 1. The summed E-state index contributed by atoms with van der Waals surface area (Å²) in [7, 11) is 0. The number of carbonyl (C=O) groups excluding carboxylic acids is 4. The summed E-state index contributed by atoms with van der Waals surface area (Å²) in [4.78, 5) is 56.7. The fourth-order valence-corrected chi connectivity index (χ4v) is 6.93. The largest absolute Gasteiger partial charge is 0.342 e. The number of likely N-dealkylation sites (tertiary alicyclic amines) is 1. The van der Waals surface area contributed by atoms with Gasteiger partial charge in [-0.2, -0.15) is 0 Å². The Morgan fingerprint density at radius 3 is 2.44 bits per heavy atom. The lowest BCUT2D eigenvalue weighted by molar-refractivity contribution is -0.145. The number of amides is 4. The normalized spacial score (nSPS) is 19.4. The molecule has 0 bridgehead atoms. The van der Waals surface area contributed by atoms with Crippen molar-refractivity contribution >= 4 is 52.5 Å². The number of hydrogen-bond donors (Lipinski definition) is 3. The Hall–Kier alpha value is -3.28. The van der Waals surface area contributed by atoms with Gasteiger partial charge in [0, 0.05) is 38.9 Å². The lowest BCUT2D eigenvalue weighted by atomic mass is 9.64. The summed E-state index contributed by atoms with van der Waals surface area (Å²) in [6, 6.07) is 4.56. The molecule has 45 heavy (non-hydrogen) atoms. The van der Waals surface area contributed by atoms with Crippen LogP contribution in [0.25, 0.3) is 0 Å². The molecular weight excluding hydrogens is 627 g/mol. The fraction of sp³-hybridized carbons (Fsp3) is 0.500. The maximum Gasteiger partial charge on any atom is 0.247 e. The average Bonchev–Trinajstić information content (AvgIpc) is 3.02. The van der Waals surface area contributed by atoms with Crippen LogP contribution in [0.3, 0.4) is 0 Å². The number of rotatable bonds is 9. The first-order chi connectivity index (χ1) is 21.5. The molecule has 4 N–H and O–H groups in total. The van der Waals surface area contributed by atoms with E-state index in [4.69, 9.17) is 28.9 Å². The molecule has 2 aliphatic heterocycles. The number of halogens is 4. The van der Waals surface area contributed by atoms with Crippen molar-refractivity contribution in [2.45, 2.75) is 76.4 Å². The van der Waals surface area contributed by atoms with E-state index in [1.165, 1.54) is 35.6 Å². The van der Waals surface area contributed by atoms with Gasteiger partial charge in [0.15, 0.2) is 5.82 Å². The van der Waals surface area contributed by atoms with E-state index in [9.17, 15) is 28.0 Å². The summed E-state index contributed by atoms with van der Waals surface area (Å²) in [5, 5.41) is 4.69. The Bertz CT molecular complexity index is 1490. The van der Waals surface area contributed by atoms with Crippen LogP contribution in [0.5, 0.6) is 0 Å². The summed E-state index contributed by atoms with van der Waals surface area (Å²) in [6.45, 7) is 1.38. The number of nitrogens with one attached hydrogen (secondary N) is 2. The standard InChI is InChI=1S/C32H37Cl2F2N5O4/c33-22-5-6-23(29(36)28(22)34)38-30(44)24(9-13-37)39-31(45)25-16-19-3-4-21(35)15-20(19)17-41(25)27(43)8-7-26(42)40-14-2-12-32(18-40)10-1-11-32/h3-6,15,24-25H,1-2,7-14,16-18,37H2,(H,38,44)(H,39,45)/t24-,25-/m0/s1. The van der Waals surface area contributed by atoms with Crippen molar-refractivity contribution in [1.82, 2.24) is 15.1 Å². The van der Waals surface area contributed by atoms with Gasteiger partial charge in [0.05, 0.1) is 15.7 Å². The van der Waals surface area contributed by atoms with Crippen molar-refractivity contribution < 1.29 is 28.0 Å². The Kier molecular flexibility index (Phi) is 10.3. The molecule has 2 aromatic rings. The van der Waals surface area contributed by atoms with Crippen LogP contribution in [-0.2, 0) is 32.1 Å². The zero-order chi connectivity index (χ0) is 32.3. The smallest absolute Gasteiger partial charge is 0.247 e. The molecule has 0 unspecified atom stereocenters. The molecule has 2 heterocycles. The maximum absolute atomic E-state index is 14.6. The Balaban J connectivity index is 1.29. The number of fused-ring (bicyclic) bond motifs is 1. The Labute approximate surface area is 270 Å². The lowest BCUT2D eigenvalue weighted by Crippen LogP contribution is -2.56. The minimum atomic E-state index is -1.16. The summed E-state index contributed by atoms with van der Waals surface area (Å²) >= 11 is 11.7. The van der Waals surface area contributed by atoms with Crippen molar-refractivity contribution in [2.75, 3.05) is 25.0 Å². The van der Waals surface area contributed by atoms with Gasteiger partial charge in [0.25, 0.3) is 0 Å². The first-order valence-corrected chi connectivity index (χ1v) is 16.1. The van der Waals surface area contributed by atoms with Gasteiger partial charge in [-0.1, -0.05) is 35.7 Å². The molecule has 0 radical (unpaired) electrons. The molecule has 242 valence electrons. The van der Waals surface area contributed by atoms with E-state index in [2.05, 4.69) is 10.6 Å². The third-order valence-corrected chi connectivity index (χ3v) is 10.1. The molecule has 2 aromatic carbocycles. The van der Waals surface area contributed by atoms with Crippen molar-refractivity contribution in [3.05, 3.63) is 63.1 Å². The predicted octanol–water partition coefficient (Wildman–Crippen LogP) is 4.57. The van der Waals surface area contributed by atoms with Gasteiger partial charge in [-0.05, 0) is 79.5 Å². The number of benzene rings is 2. The van der Waals surface area contributed by atoms with Crippen LogP contribution in [0, 0.1) is 17.0 Å². The van der Waals surface area contributed by atoms with Crippen molar-refractivity contribution in [2.24, 2.45) is 11.1 Å². The molecule has 4 amide bonds. The summed E-state index contributed by atoms with van der Waals surface area (Å²) < 4.78 is 28.7. The molecule has 2 fully saturated rings. The first-order valence-electron chi connectivity index (χ1n) is 15.3. The summed E-state index contributed by atoms with van der Waals surface area (Å²) in [6.07, 6.45) is 5.50. The molecule has 0 aromatic heterocycles. The molecule has 1 aliphatic carbocycles. The number of nitrogens with zero attached hydrogens (tertiary/aromatic N) is 2. The highest BCUT2D eigenvalue weighted by molar-refractivity contribution is 6.42. The topological polar surface area (TPSA) is 125 Å². The molecule has 13 heteroatoms. The van der Waals surface area contributed by atoms with E-state index in [1.807, 2.05) is 4.90 Å². The monoisotopic (exact) mass is 663 g/mol. The van der Waals surface area contributed by atoms with E-state index in [0.717, 1.165) is 32.2 Å². The molecular formula is C32H37Cl2F2N5O4. The van der Waals surface area contributed by atoms with Gasteiger partial charge < -0.3 is 26.2 Å². The van der Waals surface area contributed by atoms with Crippen LogP contribution >= 0.6 is 23.2 Å². The minimum absolute atomic E-state index is 0.00316. The average molecular weight is 665 g/mol. The minimum Gasteiger partial charge on any atom is -0.342 e. The Morgan fingerprint density at radius 1 is 1.00 bits per heavy atom. The first kappa shape index (κ1) is 33.1. The molecule has 5 rings (SSSR count). The van der Waals surface area contributed by atoms with E-state index in [-0.39, 0.29) is 65.8 Å². The van der Waals surface area contributed by atoms with Gasteiger partial charge in [0.1, 0.15) is 17.9 Å². The second kappa shape index (κ2) is 14.0. The molecule has 1 saturated heterocycles. The molecule has 9 nitrogen and oxygen atoms in total. The maximum atomic E-state index is 14.6. The number of hydrogen-bond acceptors (Lipinski definition) is 5. The van der Waals surface area contributed by atoms with Crippen LogP contribution < -0.4 is 16.4 Å². The zero-order valence-electron chi connectivity index (χ0n) is 24.9. The Morgan fingerprint density at radius 2 is 1.73 bits per heavy atom. The van der Waals surface area contributed by atoms with Crippen molar-refractivity contribution in [3.63, 3.8) is 0 Å². The van der Waals surface area contributed by atoms with E-state index < -0.39 is 41.4 Å².